The van der Waals surface area contributed by atoms with Crippen molar-refractivity contribution in [2.24, 2.45) is 4.36 Å². The second kappa shape index (κ2) is 6.95. The molecule has 6 nitrogen and oxygen atoms in total. The second-order valence-corrected chi connectivity index (χ2v) is 7.99. The summed E-state index contributed by atoms with van der Waals surface area (Å²) in [6.45, 7) is 4.05. The van der Waals surface area contributed by atoms with Gasteiger partial charge in [0.25, 0.3) is 5.91 Å². The van der Waals surface area contributed by atoms with E-state index in [-0.39, 0.29) is 12.5 Å². The van der Waals surface area contributed by atoms with Gasteiger partial charge >= 0.3 is 0 Å². The zero-order valence-electron chi connectivity index (χ0n) is 13.8. The van der Waals surface area contributed by atoms with Crippen molar-refractivity contribution in [2.75, 3.05) is 12.5 Å². The molecule has 0 bridgehead atoms. The van der Waals surface area contributed by atoms with E-state index in [1.54, 1.807) is 24.3 Å². The van der Waals surface area contributed by atoms with Crippen LogP contribution in [0, 0.1) is 6.92 Å². The number of aryl methyl sites for hydroxylation is 2. The van der Waals surface area contributed by atoms with Gasteiger partial charge in [0.1, 0.15) is 5.76 Å². The normalized spacial score (nSPS) is 11.3. The lowest BCUT2D eigenvalue weighted by Gasteiger charge is -2.07. The van der Waals surface area contributed by atoms with Crippen LogP contribution in [0.4, 0.5) is 5.69 Å². The van der Waals surface area contributed by atoms with Crippen molar-refractivity contribution in [2.45, 2.75) is 26.8 Å². The molecule has 0 aliphatic carbocycles. The molecule has 0 atom stereocenters. The number of hydrogen-bond donors (Lipinski definition) is 1. The largest absolute Gasteiger partial charge is 0.444 e. The highest BCUT2D eigenvalue weighted by Crippen LogP contribution is 2.20. The average Bonchev–Trinajstić information content (AvgIpc) is 2.84. The lowest BCUT2D eigenvalue weighted by Crippen LogP contribution is -2.23. The molecule has 0 unspecified atom stereocenters. The molecule has 7 heteroatoms. The Hall–Kier alpha value is -2.15. The molecule has 0 aliphatic rings. The molecule has 2 aromatic rings. The number of benzene rings is 1. The van der Waals surface area contributed by atoms with Crippen molar-refractivity contribution >= 4 is 21.3 Å². The van der Waals surface area contributed by atoms with Gasteiger partial charge in [-0.05, 0) is 19.1 Å². The van der Waals surface area contributed by atoms with Crippen LogP contribution in [0.15, 0.2) is 33.0 Å². The van der Waals surface area contributed by atoms with Crippen molar-refractivity contribution in [3.63, 3.8) is 0 Å². The number of nitrogens with zero attached hydrogens (tertiary/aromatic N) is 2. The first-order chi connectivity index (χ1) is 10.8. The Morgan fingerprint density at radius 1 is 1.35 bits per heavy atom. The maximum atomic E-state index is 12.4. The first-order valence-electron chi connectivity index (χ1n) is 7.29. The van der Waals surface area contributed by atoms with Crippen molar-refractivity contribution < 1.29 is 13.4 Å². The second-order valence-electron chi connectivity index (χ2n) is 5.44. The Morgan fingerprint density at radius 2 is 2.04 bits per heavy atom. The molecule has 23 heavy (non-hydrogen) atoms. The molecule has 0 aliphatic heterocycles. The van der Waals surface area contributed by atoms with Crippen LogP contribution >= 0.6 is 0 Å². The van der Waals surface area contributed by atoms with Gasteiger partial charge in [-0.2, -0.15) is 4.36 Å². The van der Waals surface area contributed by atoms with Crippen molar-refractivity contribution in [3.8, 4) is 0 Å². The molecule has 0 spiro atoms. The summed E-state index contributed by atoms with van der Waals surface area (Å²) in [5.41, 5.74) is 1.57. The van der Waals surface area contributed by atoms with E-state index in [0.29, 0.717) is 29.3 Å². The van der Waals surface area contributed by atoms with Gasteiger partial charge in [0.2, 0.25) is 0 Å². The number of oxazole rings is 1. The monoisotopic (exact) mass is 335 g/mol. The Labute approximate surface area is 136 Å². The minimum atomic E-state index is -2.34. The average molecular weight is 335 g/mol. The highest BCUT2D eigenvalue weighted by atomic mass is 32.2. The Bertz CT molecular complexity index is 825. The van der Waals surface area contributed by atoms with Gasteiger partial charge in [-0.25, -0.2) is 9.19 Å². The molecule has 1 aromatic heterocycles. The van der Waals surface area contributed by atoms with Gasteiger partial charge in [-0.1, -0.05) is 19.1 Å². The number of carbonyl (C=O) groups excluding carboxylic acids is 1. The molecular formula is C16H21N3O3S. The Kier molecular flexibility index (Phi) is 5.20. The zero-order valence-corrected chi connectivity index (χ0v) is 14.6. The highest BCUT2D eigenvalue weighted by molar-refractivity contribution is 7.92. The minimum Gasteiger partial charge on any atom is -0.444 e. The summed E-state index contributed by atoms with van der Waals surface area (Å²) >= 11 is 0. The topological polar surface area (TPSA) is 84.6 Å². The number of nitrogens with one attached hydrogen (secondary N) is 1. The van der Waals surface area contributed by atoms with Crippen LogP contribution in [-0.4, -0.2) is 27.6 Å². The van der Waals surface area contributed by atoms with Crippen LogP contribution in [0.3, 0.4) is 0 Å². The standard InChI is InChI=1S/C16H21N3O3S/c1-5-15-18-11(2)14(22-15)10-17-16(20)12-8-6-7-9-13(12)19-23(3,4)21/h6-9H,5,10H2,1-4H3,(H,17,20). The predicted octanol–water partition coefficient (Wildman–Crippen LogP) is 2.83. The van der Waals surface area contributed by atoms with Gasteiger partial charge in [0.05, 0.1) is 23.5 Å². The summed E-state index contributed by atoms with van der Waals surface area (Å²) in [5, 5.41) is 2.79. The van der Waals surface area contributed by atoms with Gasteiger partial charge in [0, 0.05) is 28.7 Å². The lowest BCUT2D eigenvalue weighted by molar-refractivity contribution is 0.0948. The summed E-state index contributed by atoms with van der Waals surface area (Å²) in [6, 6.07) is 6.84. The molecule has 1 aromatic carbocycles. The molecule has 0 radical (unpaired) electrons. The van der Waals surface area contributed by atoms with Crippen LogP contribution in [0.2, 0.25) is 0 Å². The van der Waals surface area contributed by atoms with Gasteiger partial charge in [-0.15, -0.1) is 0 Å². The van der Waals surface area contributed by atoms with E-state index in [2.05, 4.69) is 14.7 Å². The van der Waals surface area contributed by atoms with Crippen LogP contribution < -0.4 is 5.32 Å². The maximum Gasteiger partial charge on any atom is 0.253 e. The number of carbonyl (C=O) groups is 1. The van der Waals surface area contributed by atoms with Crippen molar-refractivity contribution in [1.82, 2.24) is 10.3 Å². The molecule has 0 saturated heterocycles. The Balaban J connectivity index is 2.18. The third kappa shape index (κ3) is 4.66. The molecule has 1 N–H and O–H groups in total. The van der Waals surface area contributed by atoms with E-state index in [1.165, 1.54) is 12.5 Å². The van der Waals surface area contributed by atoms with Gasteiger partial charge < -0.3 is 9.73 Å². The maximum absolute atomic E-state index is 12.4. The molecule has 1 amide bonds. The van der Waals surface area contributed by atoms with Crippen LogP contribution in [0.5, 0.6) is 0 Å². The molecule has 1 heterocycles. The van der Waals surface area contributed by atoms with Gasteiger partial charge in [-0.3, -0.25) is 4.79 Å². The summed E-state index contributed by atoms with van der Waals surface area (Å²) in [6.07, 6.45) is 3.77. The van der Waals surface area contributed by atoms with E-state index in [9.17, 15) is 9.00 Å². The summed E-state index contributed by atoms with van der Waals surface area (Å²) in [5.74, 6) is 1.00. The van der Waals surface area contributed by atoms with E-state index in [0.717, 1.165) is 5.69 Å². The number of rotatable bonds is 5. The summed E-state index contributed by atoms with van der Waals surface area (Å²) < 4.78 is 21.6. The van der Waals surface area contributed by atoms with Gasteiger partial charge in [0.15, 0.2) is 5.89 Å². The molecule has 0 fully saturated rings. The van der Waals surface area contributed by atoms with Crippen LogP contribution in [0.1, 0.15) is 34.6 Å². The van der Waals surface area contributed by atoms with Crippen molar-refractivity contribution in [3.05, 3.63) is 47.2 Å². The zero-order chi connectivity index (χ0) is 17.0. The number of amides is 1. The summed E-state index contributed by atoms with van der Waals surface area (Å²) in [7, 11) is -2.34. The smallest absolute Gasteiger partial charge is 0.253 e. The number of aromatic nitrogens is 1. The van der Waals surface area contributed by atoms with Crippen LogP contribution in [0.25, 0.3) is 0 Å². The minimum absolute atomic E-state index is 0.250. The van der Waals surface area contributed by atoms with E-state index in [4.69, 9.17) is 4.42 Å². The van der Waals surface area contributed by atoms with Crippen LogP contribution in [-0.2, 0) is 22.7 Å². The lowest BCUT2D eigenvalue weighted by atomic mass is 10.1. The van der Waals surface area contributed by atoms with E-state index < -0.39 is 9.73 Å². The van der Waals surface area contributed by atoms with Crippen molar-refractivity contribution in [1.29, 1.82) is 0 Å². The first-order valence-corrected chi connectivity index (χ1v) is 9.63. The fourth-order valence-electron chi connectivity index (χ4n) is 2.04. The summed E-state index contributed by atoms with van der Waals surface area (Å²) in [4.78, 5) is 16.7. The highest BCUT2D eigenvalue weighted by Gasteiger charge is 2.14. The fourth-order valence-corrected chi connectivity index (χ4v) is 2.67. The Morgan fingerprint density at radius 3 is 2.65 bits per heavy atom. The predicted molar refractivity (Wildman–Crippen MR) is 90.3 cm³/mol. The molecule has 124 valence electrons. The molecule has 0 saturated carbocycles. The number of hydrogen-bond acceptors (Lipinski definition) is 5. The molecular weight excluding hydrogens is 314 g/mol. The quantitative estimate of drug-likeness (QED) is 0.910. The third-order valence-electron chi connectivity index (χ3n) is 3.12. The fraction of sp³-hybridized carbons (Fsp3) is 0.375. The van der Waals surface area contributed by atoms with E-state index in [1.807, 2.05) is 13.8 Å². The molecule has 2 rings (SSSR count). The third-order valence-corrected chi connectivity index (χ3v) is 3.75. The first kappa shape index (κ1) is 17.2. The SMILES string of the molecule is CCc1nc(C)c(CNC(=O)c2ccccc2N=S(C)(C)=O)o1. The van der Waals surface area contributed by atoms with E-state index >= 15 is 0 Å².